The summed E-state index contributed by atoms with van der Waals surface area (Å²) in [4.78, 5) is 4.44. The quantitative estimate of drug-likeness (QED) is 0.582. The molecular weight excluding hydrogens is 435 g/mol. The predicted octanol–water partition coefficient (Wildman–Crippen LogP) is 2.31. The Hall–Kier alpha value is -1.42. The van der Waals surface area contributed by atoms with E-state index in [0.29, 0.717) is 24.6 Å². The highest BCUT2D eigenvalue weighted by Gasteiger charge is 2.29. The van der Waals surface area contributed by atoms with Gasteiger partial charge in [-0.3, -0.25) is 0 Å². The summed E-state index contributed by atoms with van der Waals surface area (Å²) in [5.74, 6) is 1.24. The average Bonchev–Trinajstić information content (AvgIpc) is 3.02. The Kier molecular flexibility index (Phi) is 9.81. The van der Waals surface area contributed by atoms with Gasteiger partial charge in [0.05, 0.1) is 11.9 Å². The molecule has 1 aliphatic heterocycles. The van der Waals surface area contributed by atoms with Crippen molar-refractivity contribution in [1.82, 2.24) is 15.0 Å². The summed E-state index contributed by atoms with van der Waals surface area (Å²) in [5, 5.41) is 3.38. The molecule has 0 saturated carbocycles. The number of aryl methyl sites for hydroxylation is 1. The highest BCUT2D eigenvalue weighted by Crippen LogP contribution is 2.25. The van der Waals surface area contributed by atoms with Gasteiger partial charge in [0.1, 0.15) is 5.75 Å². The number of hydrogen-bond acceptors (Lipinski definition) is 6. The molecule has 3 rings (SSSR count). The number of hydrogen-bond donors (Lipinski definition) is 3. The summed E-state index contributed by atoms with van der Waals surface area (Å²) in [6.07, 6.45) is 2.68. The summed E-state index contributed by atoms with van der Waals surface area (Å²) in [5.41, 5.74) is 8.44. The molecule has 0 spiro atoms. The predicted molar refractivity (Wildman–Crippen MR) is 120 cm³/mol. The van der Waals surface area contributed by atoms with E-state index in [4.69, 9.17) is 10.5 Å². The van der Waals surface area contributed by atoms with Crippen LogP contribution in [0.15, 0.2) is 36.4 Å². The topological polar surface area (TPSA) is 106 Å². The lowest BCUT2D eigenvalue weighted by Crippen LogP contribution is -2.44. The van der Waals surface area contributed by atoms with Crippen LogP contribution in [0.25, 0.3) is 0 Å². The molecule has 1 aromatic carbocycles. The molecule has 1 aliphatic rings. The molecule has 0 radical (unpaired) electrons. The van der Waals surface area contributed by atoms with Gasteiger partial charge >= 0.3 is 0 Å². The Labute approximate surface area is 184 Å². The van der Waals surface area contributed by atoms with Crippen molar-refractivity contribution in [3.05, 3.63) is 53.2 Å². The van der Waals surface area contributed by atoms with Crippen molar-refractivity contribution in [2.45, 2.75) is 38.4 Å². The van der Waals surface area contributed by atoms with E-state index in [1.54, 1.807) is 0 Å². The molecule has 162 valence electrons. The fraction of sp³-hybridized carbons (Fsp3) is 0.421. The van der Waals surface area contributed by atoms with Gasteiger partial charge in [-0.2, -0.15) is 0 Å². The van der Waals surface area contributed by atoms with Crippen molar-refractivity contribution in [2.24, 2.45) is 5.73 Å². The standard InChI is InChI=1S/C19H26N4O3S.2ClH/c1-13-6-7-15(12-20)22-19(13)26-16-5-3-4-14(10-16)11-18-17(8-9-21-18)23-27(2,24)25;;/h3-7,10,17-18,21,23H,8-9,11-12,20H2,1-2H3;2*1H/t17-,18-;;/m0../s1. The maximum Gasteiger partial charge on any atom is 0.222 e. The zero-order chi connectivity index (χ0) is 19.4. The Morgan fingerprint density at radius 2 is 2.03 bits per heavy atom. The van der Waals surface area contributed by atoms with E-state index in [0.717, 1.165) is 29.8 Å². The molecule has 29 heavy (non-hydrogen) atoms. The van der Waals surface area contributed by atoms with Gasteiger partial charge in [-0.15, -0.1) is 24.8 Å². The highest BCUT2D eigenvalue weighted by molar-refractivity contribution is 7.88. The molecule has 2 aromatic rings. The summed E-state index contributed by atoms with van der Waals surface area (Å²) in [6, 6.07) is 11.6. The smallest absolute Gasteiger partial charge is 0.222 e. The second kappa shape index (κ2) is 11.1. The molecular formula is C19H28Cl2N4O3S. The van der Waals surface area contributed by atoms with Crippen molar-refractivity contribution in [1.29, 1.82) is 0 Å². The van der Waals surface area contributed by atoms with Crippen molar-refractivity contribution in [3.8, 4) is 11.6 Å². The second-order valence-electron chi connectivity index (χ2n) is 6.93. The third-order valence-corrected chi connectivity index (χ3v) is 5.33. The molecule has 1 aromatic heterocycles. The monoisotopic (exact) mass is 462 g/mol. The van der Waals surface area contributed by atoms with Crippen LogP contribution in [0, 0.1) is 6.92 Å². The molecule has 1 saturated heterocycles. The van der Waals surface area contributed by atoms with Gasteiger partial charge in [-0.25, -0.2) is 18.1 Å². The van der Waals surface area contributed by atoms with E-state index in [1.807, 2.05) is 43.3 Å². The van der Waals surface area contributed by atoms with Crippen LogP contribution in [0.4, 0.5) is 0 Å². The Morgan fingerprint density at radius 3 is 2.72 bits per heavy atom. The minimum absolute atomic E-state index is 0. The fourth-order valence-electron chi connectivity index (χ4n) is 3.27. The van der Waals surface area contributed by atoms with Crippen molar-refractivity contribution >= 4 is 34.8 Å². The summed E-state index contributed by atoms with van der Waals surface area (Å²) < 4.78 is 31.8. The minimum atomic E-state index is -3.23. The number of nitrogens with two attached hydrogens (primary N) is 1. The maximum absolute atomic E-state index is 11.6. The molecule has 2 atom stereocenters. The number of benzene rings is 1. The largest absolute Gasteiger partial charge is 0.439 e. The maximum atomic E-state index is 11.6. The van der Waals surface area contributed by atoms with Crippen LogP contribution in [0.1, 0.15) is 23.2 Å². The van der Waals surface area contributed by atoms with Gasteiger partial charge in [0.2, 0.25) is 15.9 Å². The molecule has 1 fully saturated rings. The van der Waals surface area contributed by atoms with E-state index in [9.17, 15) is 8.42 Å². The van der Waals surface area contributed by atoms with E-state index < -0.39 is 10.0 Å². The van der Waals surface area contributed by atoms with Crippen LogP contribution in [-0.4, -0.2) is 38.3 Å². The first-order chi connectivity index (χ1) is 12.8. The first-order valence-corrected chi connectivity index (χ1v) is 10.9. The van der Waals surface area contributed by atoms with Gasteiger partial charge in [-0.05, 0) is 50.1 Å². The number of rotatable bonds is 7. The number of aromatic nitrogens is 1. The van der Waals surface area contributed by atoms with E-state index in [2.05, 4.69) is 15.0 Å². The molecule has 0 unspecified atom stereocenters. The molecule has 0 bridgehead atoms. The Balaban J connectivity index is 0.00000210. The van der Waals surface area contributed by atoms with Crippen molar-refractivity contribution < 1.29 is 13.2 Å². The lowest BCUT2D eigenvalue weighted by Gasteiger charge is -2.20. The lowest BCUT2D eigenvalue weighted by molar-refractivity contribution is 0.454. The van der Waals surface area contributed by atoms with Crippen LogP contribution in [0.2, 0.25) is 0 Å². The third-order valence-electron chi connectivity index (χ3n) is 4.60. The Morgan fingerprint density at radius 1 is 1.28 bits per heavy atom. The van der Waals surface area contributed by atoms with Gasteiger partial charge in [0, 0.05) is 24.2 Å². The summed E-state index contributed by atoms with van der Waals surface area (Å²) in [7, 11) is -3.23. The third kappa shape index (κ3) is 7.40. The van der Waals surface area contributed by atoms with Crippen LogP contribution in [-0.2, 0) is 23.0 Å². The average molecular weight is 463 g/mol. The molecule has 2 heterocycles. The molecule has 4 N–H and O–H groups in total. The first-order valence-electron chi connectivity index (χ1n) is 8.98. The van der Waals surface area contributed by atoms with Gasteiger partial charge in [0.25, 0.3) is 0 Å². The Bertz CT molecular complexity index is 912. The number of sulfonamides is 1. The summed E-state index contributed by atoms with van der Waals surface area (Å²) >= 11 is 0. The van der Waals surface area contributed by atoms with Crippen LogP contribution in [0.3, 0.4) is 0 Å². The first kappa shape index (κ1) is 25.6. The SMILES string of the molecule is Cc1ccc(CN)nc1Oc1cccc(C[C@@H]2NCC[C@@H]2NS(C)(=O)=O)c1.Cl.Cl. The van der Waals surface area contributed by atoms with Crippen molar-refractivity contribution in [3.63, 3.8) is 0 Å². The van der Waals surface area contributed by atoms with Crippen molar-refractivity contribution in [2.75, 3.05) is 12.8 Å². The number of ether oxygens (including phenoxy) is 1. The van der Waals surface area contributed by atoms with E-state index >= 15 is 0 Å². The molecule has 10 heteroatoms. The molecule has 7 nitrogen and oxygen atoms in total. The van der Waals surface area contributed by atoms with Crippen LogP contribution in [0.5, 0.6) is 11.6 Å². The highest BCUT2D eigenvalue weighted by atomic mass is 35.5. The van der Waals surface area contributed by atoms with E-state index in [-0.39, 0.29) is 36.9 Å². The normalized spacial score (nSPS) is 18.6. The zero-order valence-corrected chi connectivity index (χ0v) is 18.9. The number of nitrogens with zero attached hydrogens (tertiary/aromatic N) is 1. The van der Waals surface area contributed by atoms with Gasteiger partial charge in [-0.1, -0.05) is 18.2 Å². The molecule has 0 aliphatic carbocycles. The van der Waals surface area contributed by atoms with Crippen LogP contribution >= 0.6 is 24.8 Å². The second-order valence-corrected chi connectivity index (χ2v) is 8.71. The fourth-order valence-corrected chi connectivity index (χ4v) is 4.10. The molecule has 0 amide bonds. The van der Waals surface area contributed by atoms with Gasteiger partial charge in [0.15, 0.2) is 0 Å². The number of nitrogens with one attached hydrogen (secondary N) is 2. The number of halogens is 2. The van der Waals surface area contributed by atoms with Gasteiger partial charge < -0.3 is 15.8 Å². The van der Waals surface area contributed by atoms with Crippen LogP contribution < -0.4 is 20.5 Å². The lowest BCUT2D eigenvalue weighted by atomic mass is 10.0. The summed E-state index contributed by atoms with van der Waals surface area (Å²) in [6.45, 7) is 3.10. The number of pyridine rings is 1. The van der Waals surface area contributed by atoms with E-state index in [1.165, 1.54) is 6.26 Å². The minimum Gasteiger partial charge on any atom is -0.439 e. The zero-order valence-electron chi connectivity index (χ0n) is 16.4.